The van der Waals surface area contributed by atoms with Crippen molar-refractivity contribution in [2.75, 3.05) is 5.73 Å². The molecule has 5 heteroatoms. The van der Waals surface area contributed by atoms with Crippen LogP contribution in [-0.2, 0) is 6.61 Å². The lowest BCUT2D eigenvalue weighted by atomic mass is 10.2. The third-order valence-electron chi connectivity index (χ3n) is 2.42. The van der Waals surface area contributed by atoms with E-state index >= 15 is 0 Å². The molecule has 0 amide bonds. The number of benzene rings is 2. The molecule has 94 valence electrons. The number of para-hydroxylation sites is 1. The maximum atomic E-state index is 13.4. The van der Waals surface area contributed by atoms with Gasteiger partial charge in [0.1, 0.15) is 18.2 Å². The number of rotatable bonds is 3. The Labute approximate surface area is 108 Å². The van der Waals surface area contributed by atoms with Gasteiger partial charge in [-0.1, -0.05) is 23.7 Å². The summed E-state index contributed by atoms with van der Waals surface area (Å²) in [5, 5.41) is 0.298. The highest BCUT2D eigenvalue weighted by Crippen LogP contribution is 2.31. The van der Waals surface area contributed by atoms with Gasteiger partial charge in [0.2, 0.25) is 0 Å². The van der Waals surface area contributed by atoms with Gasteiger partial charge in [-0.3, -0.25) is 0 Å². The topological polar surface area (TPSA) is 35.2 Å². The number of nitrogens with two attached hydrogens (primary N) is 1. The van der Waals surface area contributed by atoms with Crippen molar-refractivity contribution in [1.29, 1.82) is 0 Å². The van der Waals surface area contributed by atoms with Crippen LogP contribution in [0.3, 0.4) is 0 Å². The highest BCUT2D eigenvalue weighted by Gasteiger charge is 2.11. The van der Waals surface area contributed by atoms with E-state index in [1.54, 1.807) is 18.2 Å². The number of halogens is 3. The first-order chi connectivity index (χ1) is 8.59. The predicted molar refractivity (Wildman–Crippen MR) is 66.6 cm³/mol. The van der Waals surface area contributed by atoms with E-state index in [1.165, 1.54) is 6.07 Å². The van der Waals surface area contributed by atoms with Crippen molar-refractivity contribution >= 4 is 17.3 Å². The van der Waals surface area contributed by atoms with Crippen LogP contribution in [0, 0.1) is 11.6 Å². The number of anilines is 1. The van der Waals surface area contributed by atoms with E-state index in [9.17, 15) is 8.78 Å². The highest BCUT2D eigenvalue weighted by molar-refractivity contribution is 6.32. The normalized spacial score (nSPS) is 10.4. The van der Waals surface area contributed by atoms with Crippen LogP contribution >= 0.6 is 11.6 Å². The lowest BCUT2D eigenvalue weighted by Crippen LogP contribution is -2.03. The molecule has 2 aromatic carbocycles. The summed E-state index contributed by atoms with van der Waals surface area (Å²) < 4.78 is 32.0. The van der Waals surface area contributed by atoms with Crippen LogP contribution in [0.5, 0.6) is 5.75 Å². The third kappa shape index (κ3) is 2.54. The fourth-order valence-corrected chi connectivity index (χ4v) is 1.73. The second-order valence-electron chi connectivity index (χ2n) is 3.65. The highest BCUT2D eigenvalue weighted by atomic mass is 35.5. The summed E-state index contributed by atoms with van der Waals surface area (Å²) in [6.45, 7) is -0.271. The molecule has 0 spiro atoms. The Bertz CT molecular complexity index is 483. The number of nitrogen functional groups attached to an aromatic ring is 1. The van der Waals surface area contributed by atoms with Crippen molar-refractivity contribution in [3.8, 4) is 5.75 Å². The molecule has 2 aromatic rings. The van der Waals surface area contributed by atoms with Gasteiger partial charge in [0.25, 0.3) is 0 Å². The molecule has 0 heterocycles. The first-order valence-corrected chi connectivity index (χ1v) is 5.57. The summed E-state index contributed by atoms with van der Waals surface area (Å²) in [7, 11) is 0. The maximum absolute atomic E-state index is 13.4. The van der Waals surface area contributed by atoms with Crippen LogP contribution in [0.4, 0.5) is 14.5 Å². The zero-order chi connectivity index (χ0) is 13.1. The van der Waals surface area contributed by atoms with Crippen molar-refractivity contribution in [3.63, 3.8) is 0 Å². The number of hydrogen-bond acceptors (Lipinski definition) is 2. The Kier molecular flexibility index (Phi) is 3.67. The van der Waals surface area contributed by atoms with Gasteiger partial charge in [0.05, 0.1) is 16.3 Å². The molecule has 0 saturated heterocycles. The lowest BCUT2D eigenvalue weighted by molar-refractivity contribution is 0.294. The minimum absolute atomic E-state index is 0.156. The summed E-state index contributed by atoms with van der Waals surface area (Å²) >= 11 is 5.88. The average molecular weight is 270 g/mol. The second-order valence-corrected chi connectivity index (χ2v) is 4.05. The molecule has 0 saturated carbocycles. The lowest BCUT2D eigenvalue weighted by Gasteiger charge is -2.11. The summed E-state index contributed by atoms with van der Waals surface area (Å²) in [5.41, 5.74) is 5.83. The molecule has 0 aromatic heterocycles. The quantitative estimate of drug-likeness (QED) is 0.861. The van der Waals surface area contributed by atoms with Gasteiger partial charge >= 0.3 is 0 Å². The van der Waals surface area contributed by atoms with Crippen LogP contribution < -0.4 is 10.5 Å². The average Bonchev–Trinajstić information content (AvgIpc) is 2.31. The van der Waals surface area contributed by atoms with Crippen LogP contribution in [0.15, 0.2) is 36.4 Å². The molecule has 0 aliphatic heterocycles. The third-order valence-corrected chi connectivity index (χ3v) is 2.72. The van der Waals surface area contributed by atoms with Crippen molar-refractivity contribution in [1.82, 2.24) is 0 Å². The van der Waals surface area contributed by atoms with Crippen molar-refractivity contribution in [2.24, 2.45) is 0 Å². The molecule has 0 fully saturated rings. The molecular formula is C13H10ClF2NO. The standard InChI is InChI=1S/C13H10ClF2NO/c14-9-3-1-6-12(17)13(9)18-7-8-10(15)4-2-5-11(8)16/h1-6H,7,17H2. The smallest absolute Gasteiger partial charge is 0.161 e. The summed E-state index contributed by atoms with van der Waals surface area (Å²) in [6, 6.07) is 8.46. The Hall–Kier alpha value is -1.81. The van der Waals surface area contributed by atoms with Gasteiger partial charge in [-0.25, -0.2) is 8.78 Å². The van der Waals surface area contributed by atoms with E-state index in [1.807, 2.05) is 0 Å². The maximum Gasteiger partial charge on any atom is 0.161 e. The minimum Gasteiger partial charge on any atom is -0.485 e. The van der Waals surface area contributed by atoms with Crippen LogP contribution in [0.25, 0.3) is 0 Å². The Morgan fingerprint density at radius 3 is 2.28 bits per heavy atom. The van der Waals surface area contributed by atoms with E-state index in [2.05, 4.69) is 0 Å². The van der Waals surface area contributed by atoms with Crippen LogP contribution in [0.2, 0.25) is 5.02 Å². The first kappa shape index (κ1) is 12.6. The van der Waals surface area contributed by atoms with Crippen molar-refractivity contribution in [2.45, 2.75) is 6.61 Å². The van der Waals surface area contributed by atoms with E-state index < -0.39 is 11.6 Å². The van der Waals surface area contributed by atoms with E-state index in [-0.39, 0.29) is 17.9 Å². The monoisotopic (exact) mass is 269 g/mol. The summed E-state index contributed by atoms with van der Waals surface area (Å²) in [4.78, 5) is 0. The number of ether oxygens (including phenoxy) is 1. The molecule has 0 radical (unpaired) electrons. The molecule has 2 N–H and O–H groups in total. The van der Waals surface area contributed by atoms with Crippen molar-refractivity contribution < 1.29 is 13.5 Å². The van der Waals surface area contributed by atoms with Crippen molar-refractivity contribution in [3.05, 3.63) is 58.6 Å². The molecule has 18 heavy (non-hydrogen) atoms. The molecule has 0 aliphatic carbocycles. The molecule has 2 rings (SSSR count). The summed E-state index contributed by atoms with van der Waals surface area (Å²) in [5.74, 6) is -1.11. The molecule has 0 bridgehead atoms. The molecule has 0 unspecified atom stereocenters. The predicted octanol–water partition coefficient (Wildman–Crippen LogP) is 3.78. The van der Waals surface area contributed by atoms with Gasteiger partial charge in [-0.2, -0.15) is 0 Å². The Morgan fingerprint density at radius 1 is 1.06 bits per heavy atom. The van der Waals surface area contributed by atoms with E-state index in [0.29, 0.717) is 10.7 Å². The van der Waals surface area contributed by atoms with Gasteiger partial charge in [0, 0.05) is 0 Å². The SMILES string of the molecule is Nc1cccc(Cl)c1OCc1c(F)cccc1F. The fourth-order valence-electron chi connectivity index (χ4n) is 1.49. The van der Waals surface area contributed by atoms with Crippen LogP contribution in [0.1, 0.15) is 5.56 Å². The molecule has 2 nitrogen and oxygen atoms in total. The second kappa shape index (κ2) is 5.23. The number of hydrogen-bond donors (Lipinski definition) is 1. The first-order valence-electron chi connectivity index (χ1n) is 5.19. The zero-order valence-electron chi connectivity index (χ0n) is 9.29. The Balaban J connectivity index is 2.22. The fraction of sp³-hybridized carbons (Fsp3) is 0.0769. The Morgan fingerprint density at radius 2 is 1.67 bits per heavy atom. The van der Waals surface area contributed by atoms with Crippen LogP contribution in [-0.4, -0.2) is 0 Å². The zero-order valence-corrected chi connectivity index (χ0v) is 10.0. The molecule has 0 atom stereocenters. The van der Waals surface area contributed by atoms with E-state index in [4.69, 9.17) is 22.1 Å². The molecular weight excluding hydrogens is 260 g/mol. The van der Waals surface area contributed by atoms with Gasteiger partial charge in [-0.05, 0) is 24.3 Å². The van der Waals surface area contributed by atoms with Gasteiger partial charge in [-0.15, -0.1) is 0 Å². The van der Waals surface area contributed by atoms with Gasteiger partial charge in [0.15, 0.2) is 5.75 Å². The van der Waals surface area contributed by atoms with Gasteiger partial charge < -0.3 is 10.5 Å². The summed E-state index contributed by atoms with van der Waals surface area (Å²) in [6.07, 6.45) is 0. The molecule has 0 aliphatic rings. The van der Waals surface area contributed by atoms with E-state index in [0.717, 1.165) is 12.1 Å². The largest absolute Gasteiger partial charge is 0.485 e. The minimum atomic E-state index is -0.666.